The summed E-state index contributed by atoms with van der Waals surface area (Å²) in [6.07, 6.45) is 0. The normalized spacial score (nSPS) is 11.1. The summed E-state index contributed by atoms with van der Waals surface area (Å²) < 4.78 is 5.50. The van der Waals surface area contributed by atoms with E-state index in [0.717, 1.165) is 11.3 Å². The second-order valence-electron chi connectivity index (χ2n) is 6.74. The maximum Gasteiger partial charge on any atom is 0.258 e. The maximum absolute atomic E-state index is 11.7. The monoisotopic (exact) mass is 380 g/mol. The van der Waals surface area contributed by atoms with Crippen molar-refractivity contribution in [2.45, 2.75) is 32.9 Å². The van der Waals surface area contributed by atoms with E-state index in [4.69, 9.17) is 27.9 Å². The van der Waals surface area contributed by atoms with Crippen LogP contribution in [-0.2, 0) is 11.3 Å². The van der Waals surface area contributed by atoms with Gasteiger partial charge in [-0.05, 0) is 56.7 Å². The highest BCUT2D eigenvalue weighted by molar-refractivity contribution is 6.35. The topological polar surface area (TPSA) is 50.4 Å². The largest absolute Gasteiger partial charge is 0.484 e. The third-order valence-electron chi connectivity index (χ3n) is 3.17. The molecule has 0 aliphatic carbocycles. The molecule has 2 aromatic carbocycles. The van der Waals surface area contributed by atoms with Crippen LogP contribution in [0.4, 0.5) is 5.69 Å². The zero-order valence-electron chi connectivity index (χ0n) is 14.5. The van der Waals surface area contributed by atoms with E-state index < -0.39 is 0 Å². The Morgan fingerprint density at radius 2 is 1.64 bits per heavy atom. The number of hydrogen-bond acceptors (Lipinski definition) is 3. The lowest BCUT2D eigenvalue weighted by Gasteiger charge is -2.20. The van der Waals surface area contributed by atoms with E-state index in [1.807, 2.05) is 57.2 Å². The molecule has 0 unspecified atom stereocenters. The van der Waals surface area contributed by atoms with Crippen LogP contribution in [0.2, 0.25) is 10.0 Å². The molecule has 0 aliphatic rings. The summed E-state index contributed by atoms with van der Waals surface area (Å²) in [7, 11) is 0. The lowest BCUT2D eigenvalue weighted by molar-refractivity contribution is -0.124. The maximum atomic E-state index is 11.7. The van der Waals surface area contributed by atoms with Gasteiger partial charge in [-0.1, -0.05) is 35.3 Å². The lowest BCUT2D eigenvalue weighted by Crippen LogP contribution is -2.43. The van der Waals surface area contributed by atoms with E-state index in [-0.39, 0.29) is 18.1 Å². The first-order chi connectivity index (χ1) is 11.7. The van der Waals surface area contributed by atoms with Crippen LogP contribution in [0.15, 0.2) is 42.5 Å². The van der Waals surface area contributed by atoms with Crippen LogP contribution < -0.4 is 15.4 Å². The van der Waals surface area contributed by atoms with Crippen LogP contribution in [0.1, 0.15) is 26.3 Å². The first kappa shape index (κ1) is 19.4. The third-order valence-corrected chi connectivity index (χ3v) is 3.60. The minimum absolute atomic E-state index is 0.00409. The number of nitrogens with one attached hydrogen (secondary N) is 2. The Labute approximate surface area is 158 Å². The van der Waals surface area contributed by atoms with Crippen molar-refractivity contribution in [2.75, 3.05) is 11.9 Å². The van der Waals surface area contributed by atoms with Gasteiger partial charge in [-0.3, -0.25) is 4.79 Å². The van der Waals surface area contributed by atoms with Gasteiger partial charge >= 0.3 is 0 Å². The number of rotatable bonds is 6. The smallest absolute Gasteiger partial charge is 0.258 e. The van der Waals surface area contributed by atoms with Crippen molar-refractivity contribution < 1.29 is 9.53 Å². The standard InChI is InChI=1S/C19H22Cl2N2O2/c1-19(2,3)23-18(24)12-25-17-6-4-13(5-7-17)11-22-16-9-14(20)8-15(21)10-16/h4-10,22H,11-12H2,1-3H3,(H,23,24). The van der Waals surface area contributed by atoms with E-state index in [1.54, 1.807) is 6.07 Å². The lowest BCUT2D eigenvalue weighted by atomic mass is 10.1. The fourth-order valence-electron chi connectivity index (χ4n) is 2.17. The second-order valence-corrected chi connectivity index (χ2v) is 7.62. The summed E-state index contributed by atoms with van der Waals surface area (Å²) in [4.78, 5) is 11.7. The molecule has 2 N–H and O–H groups in total. The summed E-state index contributed by atoms with van der Waals surface area (Å²) in [5.74, 6) is 0.509. The molecule has 6 heteroatoms. The van der Waals surface area contributed by atoms with Gasteiger partial charge in [0.25, 0.3) is 5.91 Å². The SMILES string of the molecule is CC(C)(C)NC(=O)COc1ccc(CNc2cc(Cl)cc(Cl)c2)cc1. The first-order valence-corrected chi connectivity index (χ1v) is 8.69. The summed E-state index contributed by atoms with van der Waals surface area (Å²) in [6, 6.07) is 12.9. The van der Waals surface area contributed by atoms with Crippen LogP contribution in [-0.4, -0.2) is 18.1 Å². The Kier molecular flexibility index (Phi) is 6.57. The van der Waals surface area contributed by atoms with Gasteiger partial charge in [0.15, 0.2) is 6.61 Å². The number of amides is 1. The van der Waals surface area contributed by atoms with E-state index in [9.17, 15) is 4.79 Å². The van der Waals surface area contributed by atoms with Gasteiger partial charge in [-0.15, -0.1) is 0 Å². The number of halogens is 2. The molecule has 134 valence electrons. The molecule has 0 aliphatic heterocycles. The van der Waals surface area contributed by atoms with Gasteiger partial charge in [0.05, 0.1) is 0 Å². The third kappa shape index (κ3) is 7.24. The van der Waals surface area contributed by atoms with E-state index in [0.29, 0.717) is 22.3 Å². The Hall–Kier alpha value is -1.91. The van der Waals surface area contributed by atoms with Gasteiger partial charge < -0.3 is 15.4 Å². The molecule has 0 saturated heterocycles. The molecule has 2 aromatic rings. The van der Waals surface area contributed by atoms with Gasteiger partial charge in [-0.2, -0.15) is 0 Å². The summed E-state index contributed by atoms with van der Waals surface area (Å²) in [5, 5.41) is 7.30. The molecule has 0 bridgehead atoms. The summed E-state index contributed by atoms with van der Waals surface area (Å²) in [5.41, 5.74) is 1.67. The second kappa shape index (κ2) is 8.45. The Morgan fingerprint density at radius 1 is 1.04 bits per heavy atom. The van der Waals surface area contributed by atoms with E-state index >= 15 is 0 Å². The molecule has 25 heavy (non-hydrogen) atoms. The summed E-state index contributed by atoms with van der Waals surface area (Å²) in [6.45, 7) is 6.41. The van der Waals surface area contributed by atoms with Gasteiger partial charge in [0.1, 0.15) is 5.75 Å². The molecule has 1 amide bonds. The highest BCUT2D eigenvalue weighted by Crippen LogP contribution is 2.23. The van der Waals surface area contributed by atoms with Crippen molar-refractivity contribution in [2.24, 2.45) is 0 Å². The number of hydrogen-bond donors (Lipinski definition) is 2. The minimum atomic E-state index is -0.265. The van der Waals surface area contributed by atoms with E-state index in [2.05, 4.69) is 10.6 Å². The Balaban J connectivity index is 1.84. The molecule has 0 heterocycles. The van der Waals surface area contributed by atoms with Crippen LogP contribution >= 0.6 is 23.2 Å². The van der Waals surface area contributed by atoms with Crippen LogP contribution in [0.25, 0.3) is 0 Å². The highest BCUT2D eigenvalue weighted by atomic mass is 35.5. The summed E-state index contributed by atoms with van der Waals surface area (Å²) >= 11 is 12.0. The zero-order valence-corrected chi connectivity index (χ0v) is 16.0. The van der Waals surface area contributed by atoms with Crippen LogP contribution in [0, 0.1) is 0 Å². The molecule has 2 rings (SSSR count). The van der Waals surface area contributed by atoms with Gasteiger partial charge in [0, 0.05) is 27.8 Å². The number of benzene rings is 2. The fourth-order valence-corrected chi connectivity index (χ4v) is 2.69. The average molecular weight is 381 g/mol. The number of carbonyl (C=O) groups excluding carboxylic acids is 1. The molecule has 0 saturated carbocycles. The van der Waals surface area contributed by atoms with E-state index in [1.165, 1.54) is 0 Å². The molecule has 0 aromatic heterocycles. The molecular weight excluding hydrogens is 359 g/mol. The average Bonchev–Trinajstić information content (AvgIpc) is 2.49. The Bertz CT molecular complexity index is 705. The first-order valence-electron chi connectivity index (χ1n) is 7.94. The van der Waals surface area contributed by atoms with Crippen molar-refractivity contribution in [3.05, 3.63) is 58.1 Å². The molecule has 0 fully saturated rings. The van der Waals surface area contributed by atoms with Crippen molar-refractivity contribution in [1.29, 1.82) is 0 Å². The van der Waals surface area contributed by atoms with Gasteiger partial charge in [0.2, 0.25) is 0 Å². The molecular formula is C19H22Cl2N2O2. The number of ether oxygens (including phenoxy) is 1. The minimum Gasteiger partial charge on any atom is -0.484 e. The van der Waals surface area contributed by atoms with Crippen molar-refractivity contribution in [3.8, 4) is 5.75 Å². The van der Waals surface area contributed by atoms with Gasteiger partial charge in [-0.25, -0.2) is 0 Å². The molecule has 4 nitrogen and oxygen atoms in total. The number of anilines is 1. The molecule has 0 radical (unpaired) electrons. The quantitative estimate of drug-likeness (QED) is 0.749. The van der Waals surface area contributed by atoms with Crippen molar-refractivity contribution in [3.63, 3.8) is 0 Å². The fraction of sp³-hybridized carbons (Fsp3) is 0.316. The van der Waals surface area contributed by atoms with Crippen molar-refractivity contribution in [1.82, 2.24) is 5.32 Å². The number of carbonyl (C=O) groups is 1. The Morgan fingerprint density at radius 3 is 2.20 bits per heavy atom. The molecule has 0 spiro atoms. The van der Waals surface area contributed by atoms with Crippen LogP contribution in [0.3, 0.4) is 0 Å². The van der Waals surface area contributed by atoms with Crippen LogP contribution in [0.5, 0.6) is 5.75 Å². The molecule has 0 atom stereocenters. The predicted octanol–water partition coefficient (Wildman–Crippen LogP) is 4.90. The zero-order chi connectivity index (χ0) is 18.4. The predicted molar refractivity (Wildman–Crippen MR) is 104 cm³/mol. The van der Waals surface area contributed by atoms with Crippen molar-refractivity contribution >= 4 is 34.8 Å². The highest BCUT2D eigenvalue weighted by Gasteiger charge is 2.13.